The van der Waals surface area contributed by atoms with Gasteiger partial charge in [-0.1, -0.05) is 42.5 Å². The smallest absolute Gasteiger partial charge is 0.311 e. The summed E-state index contributed by atoms with van der Waals surface area (Å²) in [6.07, 6.45) is 3.19. The Bertz CT molecular complexity index is 742. The number of halogens is 1. The molecule has 0 unspecified atom stereocenters. The lowest BCUT2D eigenvalue weighted by atomic mass is 9.92. The molecule has 27 heavy (non-hydrogen) atoms. The van der Waals surface area contributed by atoms with Gasteiger partial charge >= 0.3 is 5.97 Å². The van der Waals surface area contributed by atoms with E-state index in [2.05, 4.69) is 12.1 Å². The van der Waals surface area contributed by atoms with Crippen LogP contribution in [0.2, 0.25) is 0 Å². The van der Waals surface area contributed by atoms with Crippen LogP contribution in [0.25, 0.3) is 11.1 Å². The van der Waals surface area contributed by atoms with E-state index < -0.39 is 0 Å². The zero-order valence-electron chi connectivity index (χ0n) is 15.3. The summed E-state index contributed by atoms with van der Waals surface area (Å²) < 4.78 is 5.45. The van der Waals surface area contributed by atoms with Gasteiger partial charge < -0.3 is 15.4 Å². The summed E-state index contributed by atoms with van der Waals surface area (Å²) in [4.78, 5) is 14.0. The van der Waals surface area contributed by atoms with E-state index in [1.807, 2.05) is 47.4 Å². The molecule has 1 saturated heterocycles. The van der Waals surface area contributed by atoms with Crippen molar-refractivity contribution in [3.05, 3.63) is 54.6 Å². The van der Waals surface area contributed by atoms with Crippen LogP contribution in [0, 0.1) is 11.3 Å². The van der Waals surface area contributed by atoms with Gasteiger partial charge in [-0.3, -0.25) is 10.2 Å². The van der Waals surface area contributed by atoms with Gasteiger partial charge in [0.25, 0.3) is 0 Å². The number of ether oxygens (including phenoxy) is 1. The molecule has 3 N–H and O–H groups in total. The second-order valence-corrected chi connectivity index (χ2v) is 6.72. The minimum absolute atomic E-state index is 0. The number of guanidine groups is 1. The summed E-state index contributed by atoms with van der Waals surface area (Å²) >= 11 is 0. The molecule has 0 bridgehead atoms. The Labute approximate surface area is 166 Å². The lowest BCUT2D eigenvalue weighted by Gasteiger charge is -2.31. The largest absolute Gasteiger partial charge is 0.427 e. The Morgan fingerprint density at radius 2 is 1.63 bits per heavy atom. The van der Waals surface area contributed by atoms with Crippen LogP contribution in [0.5, 0.6) is 5.75 Å². The number of likely N-dealkylation sites (tertiary alicyclic amines) is 1. The van der Waals surface area contributed by atoms with Crippen LogP contribution in [0.15, 0.2) is 54.6 Å². The van der Waals surface area contributed by atoms with Crippen molar-refractivity contribution in [3.8, 4) is 16.9 Å². The highest BCUT2D eigenvalue weighted by Gasteiger charge is 2.20. The quantitative estimate of drug-likeness (QED) is 0.351. The maximum absolute atomic E-state index is 12.1. The normalized spacial score (nSPS) is 14.3. The molecule has 2 aromatic carbocycles. The topological polar surface area (TPSA) is 79.4 Å². The van der Waals surface area contributed by atoms with Gasteiger partial charge in [0.2, 0.25) is 0 Å². The Morgan fingerprint density at radius 1 is 1.04 bits per heavy atom. The number of hydrogen-bond acceptors (Lipinski definition) is 3. The molecule has 0 spiro atoms. The molecule has 3 rings (SSSR count). The van der Waals surface area contributed by atoms with E-state index in [-0.39, 0.29) is 24.3 Å². The van der Waals surface area contributed by atoms with Crippen LogP contribution in [0.4, 0.5) is 0 Å². The predicted molar refractivity (Wildman–Crippen MR) is 110 cm³/mol. The Morgan fingerprint density at radius 3 is 2.22 bits per heavy atom. The van der Waals surface area contributed by atoms with E-state index in [4.69, 9.17) is 15.9 Å². The fraction of sp³-hybridized carbons (Fsp3) is 0.333. The molecule has 0 aromatic heterocycles. The summed E-state index contributed by atoms with van der Waals surface area (Å²) in [5, 5.41) is 7.45. The number of nitrogens with one attached hydrogen (secondary N) is 1. The minimum atomic E-state index is -0.188. The van der Waals surface area contributed by atoms with Gasteiger partial charge in [-0.15, -0.1) is 12.4 Å². The second kappa shape index (κ2) is 9.97. The van der Waals surface area contributed by atoms with E-state index in [1.54, 1.807) is 0 Å². The zero-order valence-corrected chi connectivity index (χ0v) is 16.1. The van der Waals surface area contributed by atoms with Crippen LogP contribution in [-0.2, 0) is 4.79 Å². The van der Waals surface area contributed by atoms with Crippen molar-refractivity contribution in [2.75, 3.05) is 13.1 Å². The van der Waals surface area contributed by atoms with Crippen molar-refractivity contribution in [1.29, 1.82) is 5.41 Å². The van der Waals surface area contributed by atoms with Crippen LogP contribution < -0.4 is 10.5 Å². The predicted octanol–water partition coefficient (Wildman–Crippen LogP) is 4.07. The molecule has 0 atom stereocenters. The van der Waals surface area contributed by atoms with E-state index in [0.29, 0.717) is 18.1 Å². The average Bonchev–Trinajstić information content (AvgIpc) is 2.68. The molecule has 6 heteroatoms. The fourth-order valence-electron chi connectivity index (χ4n) is 3.31. The lowest BCUT2D eigenvalue weighted by Crippen LogP contribution is -2.42. The van der Waals surface area contributed by atoms with Gasteiger partial charge in [-0.25, -0.2) is 0 Å². The van der Waals surface area contributed by atoms with Gasteiger partial charge in [0, 0.05) is 19.5 Å². The number of hydrogen-bond donors (Lipinski definition) is 2. The molecule has 2 aromatic rings. The number of piperidine rings is 1. The second-order valence-electron chi connectivity index (χ2n) is 6.72. The number of carbonyl (C=O) groups is 1. The highest BCUT2D eigenvalue weighted by Crippen LogP contribution is 2.24. The molecule has 5 nitrogen and oxygen atoms in total. The number of carbonyl (C=O) groups excluding carboxylic acids is 1. The summed E-state index contributed by atoms with van der Waals surface area (Å²) in [6.45, 7) is 1.60. The molecular formula is C21H26ClN3O2. The average molecular weight is 388 g/mol. The Hall–Kier alpha value is -2.53. The van der Waals surface area contributed by atoms with Crippen molar-refractivity contribution in [2.45, 2.75) is 25.7 Å². The molecule has 0 amide bonds. The number of nitrogens with two attached hydrogens (primary N) is 1. The molecule has 0 saturated carbocycles. The first-order valence-corrected chi connectivity index (χ1v) is 9.07. The maximum Gasteiger partial charge on any atom is 0.311 e. The summed E-state index contributed by atoms with van der Waals surface area (Å²) in [7, 11) is 0. The van der Waals surface area contributed by atoms with Crippen molar-refractivity contribution >= 4 is 24.3 Å². The van der Waals surface area contributed by atoms with Gasteiger partial charge in [-0.05, 0) is 48.4 Å². The third-order valence-electron chi connectivity index (χ3n) is 4.91. The lowest BCUT2D eigenvalue weighted by molar-refractivity contribution is -0.134. The van der Waals surface area contributed by atoms with Gasteiger partial charge in [0.15, 0.2) is 5.96 Å². The number of nitrogens with zero attached hydrogens (tertiary/aromatic N) is 1. The maximum atomic E-state index is 12.1. The van der Waals surface area contributed by atoms with Crippen LogP contribution >= 0.6 is 12.4 Å². The van der Waals surface area contributed by atoms with E-state index >= 15 is 0 Å². The molecule has 1 aliphatic heterocycles. The summed E-state index contributed by atoms with van der Waals surface area (Å²) in [5.74, 6) is 1.04. The highest BCUT2D eigenvalue weighted by atomic mass is 35.5. The number of rotatable bonds is 5. The van der Waals surface area contributed by atoms with E-state index in [0.717, 1.165) is 43.5 Å². The SMILES string of the molecule is Cl.N=C(N)N1CCC(CCC(=O)Oc2ccc(-c3ccccc3)cc2)CC1. The molecule has 0 aliphatic carbocycles. The first-order valence-electron chi connectivity index (χ1n) is 9.07. The highest BCUT2D eigenvalue weighted by molar-refractivity contribution is 5.85. The molecule has 1 heterocycles. The van der Waals surface area contributed by atoms with Crippen LogP contribution in [0.1, 0.15) is 25.7 Å². The molecule has 0 radical (unpaired) electrons. The molecule has 1 aliphatic rings. The number of esters is 1. The Kier molecular flexibility index (Phi) is 7.67. The fourth-order valence-corrected chi connectivity index (χ4v) is 3.31. The van der Waals surface area contributed by atoms with Gasteiger partial charge in [0.05, 0.1) is 0 Å². The van der Waals surface area contributed by atoms with Crippen molar-refractivity contribution < 1.29 is 9.53 Å². The Balaban J connectivity index is 0.00000261. The molecular weight excluding hydrogens is 362 g/mol. The first kappa shape index (κ1) is 20.8. The third kappa shape index (κ3) is 6.00. The molecule has 144 valence electrons. The zero-order chi connectivity index (χ0) is 18.4. The van der Waals surface area contributed by atoms with Crippen molar-refractivity contribution in [3.63, 3.8) is 0 Å². The van der Waals surface area contributed by atoms with E-state index in [1.165, 1.54) is 0 Å². The van der Waals surface area contributed by atoms with E-state index in [9.17, 15) is 4.79 Å². The standard InChI is InChI=1S/C21H25N3O2.ClH/c22-21(23)24-14-12-16(13-15-24)6-11-20(25)26-19-9-7-18(8-10-19)17-4-2-1-3-5-17;/h1-5,7-10,16H,6,11-15H2,(H3,22,23);1H. The van der Waals surface area contributed by atoms with Crippen LogP contribution in [0.3, 0.4) is 0 Å². The summed E-state index contributed by atoms with van der Waals surface area (Å²) in [6, 6.07) is 17.7. The van der Waals surface area contributed by atoms with Gasteiger partial charge in [0.1, 0.15) is 5.75 Å². The third-order valence-corrected chi connectivity index (χ3v) is 4.91. The minimum Gasteiger partial charge on any atom is -0.427 e. The first-order chi connectivity index (χ1) is 12.6. The van der Waals surface area contributed by atoms with Crippen molar-refractivity contribution in [2.24, 2.45) is 11.7 Å². The summed E-state index contributed by atoms with van der Waals surface area (Å²) in [5.41, 5.74) is 7.74. The monoisotopic (exact) mass is 387 g/mol. The van der Waals surface area contributed by atoms with Crippen molar-refractivity contribution in [1.82, 2.24) is 4.90 Å². The number of benzene rings is 2. The van der Waals surface area contributed by atoms with Gasteiger partial charge in [-0.2, -0.15) is 0 Å². The molecule has 1 fully saturated rings. The van der Waals surface area contributed by atoms with Crippen LogP contribution in [-0.4, -0.2) is 29.9 Å².